The molecule has 1 aromatic carbocycles. The van der Waals surface area contributed by atoms with Gasteiger partial charge >= 0.3 is 0 Å². The van der Waals surface area contributed by atoms with Gasteiger partial charge in [-0.1, -0.05) is 46.9 Å². The average molecular weight is 256 g/mol. The van der Waals surface area contributed by atoms with Crippen molar-refractivity contribution in [2.24, 2.45) is 0 Å². The SMILES string of the molecule is ClC(Cl)=CC(Cl)c1cccc(Cl)c1. The van der Waals surface area contributed by atoms with E-state index >= 15 is 0 Å². The van der Waals surface area contributed by atoms with Gasteiger partial charge in [-0.15, -0.1) is 11.6 Å². The second-order valence-corrected chi connectivity index (χ2v) is 4.33. The second-order valence-electron chi connectivity index (χ2n) is 2.41. The van der Waals surface area contributed by atoms with Crippen LogP contribution in [0.15, 0.2) is 34.8 Å². The van der Waals surface area contributed by atoms with Gasteiger partial charge in [0.05, 0.1) is 5.38 Å². The molecule has 0 nitrogen and oxygen atoms in total. The minimum absolute atomic E-state index is 0.153. The Kier molecular flexibility index (Phi) is 4.40. The summed E-state index contributed by atoms with van der Waals surface area (Å²) in [6.45, 7) is 0. The van der Waals surface area contributed by atoms with Crippen LogP contribution in [0.2, 0.25) is 5.02 Å². The Morgan fingerprint density at radius 1 is 1.31 bits per heavy atom. The van der Waals surface area contributed by atoms with E-state index in [-0.39, 0.29) is 9.87 Å². The van der Waals surface area contributed by atoms with Crippen molar-refractivity contribution in [1.82, 2.24) is 0 Å². The van der Waals surface area contributed by atoms with Crippen molar-refractivity contribution in [1.29, 1.82) is 0 Å². The van der Waals surface area contributed by atoms with E-state index in [2.05, 4.69) is 0 Å². The first-order valence-electron chi connectivity index (χ1n) is 3.52. The van der Waals surface area contributed by atoms with Crippen molar-refractivity contribution >= 4 is 46.4 Å². The monoisotopic (exact) mass is 254 g/mol. The third-order valence-corrected chi connectivity index (χ3v) is 2.30. The molecule has 0 radical (unpaired) electrons. The first kappa shape index (κ1) is 11.2. The van der Waals surface area contributed by atoms with Crippen molar-refractivity contribution < 1.29 is 0 Å². The van der Waals surface area contributed by atoms with Gasteiger partial charge in [-0.2, -0.15) is 0 Å². The molecule has 0 amide bonds. The highest BCUT2D eigenvalue weighted by molar-refractivity contribution is 6.56. The van der Waals surface area contributed by atoms with E-state index in [1.165, 1.54) is 6.08 Å². The van der Waals surface area contributed by atoms with E-state index in [0.717, 1.165) is 5.56 Å². The summed E-state index contributed by atoms with van der Waals surface area (Å²) in [5.41, 5.74) is 0.868. The molecule has 0 saturated carbocycles. The Morgan fingerprint density at radius 2 is 2.00 bits per heavy atom. The zero-order chi connectivity index (χ0) is 9.84. The molecule has 4 heteroatoms. The van der Waals surface area contributed by atoms with Gasteiger partial charge in [0.2, 0.25) is 0 Å². The molecule has 1 aromatic rings. The Labute approximate surface area is 97.0 Å². The Morgan fingerprint density at radius 3 is 2.54 bits per heavy atom. The predicted octanol–water partition coefficient (Wildman–Crippen LogP) is 4.94. The maximum atomic E-state index is 5.97. The molecule has 0 fully saturated rings. The zero-order valence-electron chi connectivity index (χ0n) is 6.48. The zero-order valence-corrected chi connectivity index (χ0v) is 9.50. The van der Waals surface area contributed by atoms with Crippen LogP contribution < -0.4 is 0 Å². The lowest BCUT2D eigenvalue weighted by Crippen LogP contribution is -1.85. The highest BCUT2D eigenvalue weighted by atomic mass is 35.5. The number of benzene rings is 1. The summed E-state index contributed by atoms with van der Waals surface area (Å²) in [5.74, 6) is 0. The fraction of sp³-hybridized carbons (Fsp3) is 0.111. The van der Waals surface area contributed by atoms with E-state index in [1.54, 1.807) is 12.1 Å². The fourth-order valence-electron chi connectivity index (χ4n) is 0.885. The molecule has 0 heterocycles. The van der Waals surface area contributed by atoms with Crippen LogP contribution in [0.5, 0.6) is 0 Å². The molecule has 1 atom stereocenters. The molecule has 0 aliphatic heterocycles. The number of hydrogen-bond acceptors (Lipinski definition) is 0. The van der Waals surface area contributed by atoms with Crippen LogP contribution in [0.1, 0.15) is 10.9 Å². The van der Waals surface area contributed by atoms with Crippen LogP contribution >= 0.6 is 46.4 Å². The Bertz CT molecular complexity index is 315. The highest BCUT2D eigenvalue weighted by Gasteiger charge is 2.05. The molecule has 0 N–H and O–H groups in total. The van der Waals surface area contributed by atoms with Crippen LogP contribution in [0.3, 0.4) is 0 Å². The maximum Gasteiger partial charge on any atom is 0.104 e. The highest BCUT2D eigenvalue weighted by Crippen LogP contribution is 2.27. The van der Waals surface area contributed by atoms with E-state index in [0.29, 0.717) is 5.02 Å². The lowest BCUT2D eigenvalue weighted by Gasteiger charge is -2.04. The van der Waals surface area contributed by atoms with Crippen molar-refractivity contribution in [2.45, 2.75) is 5.38 Å². The Hall–Kier alpha value is 0.120. The molecule has 1 unspecified atom stereocenters. The van der Waals surface area contributed by atoms with Gasteiger partial charge in [-0.3, -0.25) is 0 Å². The Balaban J connectivity index is 2.89. The summed E-state index contributed by atoms with van der Waals surface area (Å²) in [7, 11) is 0. The molecule has 0 bridgehead atoms. The lowest BCUT2D eigenvalue weighted by molar-refractivity contribution is 1.21. The quantitative estimate of drug-likeness (QED) is 0.657. The van der Waals surface area contributed by atoms with Gasteiger partial charge in [0.1, 0.15) is 4.49 Å². The average Bonchev–Trinajstić information content (AvgIpc) is 2.03. The van der Waals surface area contributed by atoms with Crippen LogP contribution in [0.25, 0.3) is 0 Å². The molecule has 0 aromatic heterocycles. The van der Waals surface area contributed by atoms with Gasteiger partial charge in [0.25, 0.3) is 0 Å². The molecule has 1 rings (SSSR count). The summed E-state index contributed by atoms with van der Waals surface area (Å²) in [6, 6.07) is 7.23. The topological polar surface area (TPSA) is 0 Å². The lowest BCUT2D eigenvalue weighted by atomic mass is 10.1. The molecule has 0 aliphatic rings. The third-order valence-electron chi connectivity index (χ3n) is 1.44. The standard InChI is InChI=1S/C9H6Cl4/c10-7-3-1-2-6(4-7)8(11)5-9(12)13/h1-5,8H. The summed E-state index contributed by atoms with van der Waals surface area (Å²) < 4.78 is 0.153. The predicted molar refractivity (Wildman–Crippen MR) is 59.8 cm³/mol. The molecule has 0 saturated heterocycles. The molecular weight excluding hydrogens is 250 g/mol. The first-order valence-corrected chi connectivity index (χ1v) is 5.09. The third kappa shape index (κ3) is 3.78. The van der Waals surface area contributed by atoms with Gasteiger partial charge < -0.3 is 0 Å². The minimum Gasteiger partial charge on any atom is -0.113 e. The van der Waals surface area contributed by atoms with Gasteiger partial charge in [-0.05, 0) is 23.8 Å². The molecule has 70 valence electrons. The fourth-order valence-corrected chi connectivity index (χ4v) is 1.73. The maximum absolute atomic E-state index is 5.97. The number of hydrogen-bond donors (Lipinski definition) is 0. The van der Waals surface area contributed by atoms with E-state index in [1.807, 2.05) is 12.1 Å². The number of halogens is 4. The minimum atomic E-state index is -0.344. The van der Waals surface area contributed by atoms with Gasteiger partial charge in [0, 0.05) is 5.02 Å². The normalized spacial score (nSPS) is 12.3. The second kappa shape index (κ2) is 5.11. The molecule has 0 aliphatic carbocycles. The molecule has 0 spiro atoms. The number of alkyl halides is 1. The van der Waals surface area contributed by atoms with Crippen molar-refractivity contribution in [3.8, 4) is 0 Å². The van der Waals surface area contributed by atoms with Crippen molar-refractivity contribution in [2.75, 3.05) is 0 Å². The van der Waals surface area contributed by atoms with Crippen LogP contribution in [0.4, 0.5) is 0 Å². The molecule has 13 heavy (non-hydrogen) atoms. The van der Waals surface area contributed by atoms with Crippen molar-refractivity contribution in [3.05, 3.63) is 45.4 Å². The summed E-state index contributed by atoms with van der Waals surface area (Å²) in [5, 5.41) is 0.297. The first-order chi connectivity index (χ1) is 6.09. The van der Waals surface area contributed by atoms with E-state index in [4.69, 9.17) is 46.4 Å². The summed E-state index contributed by atoms with van der Waals surface area (Å²) in [6.07, 6.45) is 1.54. The van der Waals surface area contributed by atoms with Crippen LogP contribution in [0, 0.1) is 0 Å². The van der Waals surface area contributed by atoms with Crippen LogP contribution in [-0.2, 0) is 0 Å². The molecular formula is C9H6Cl4. The van der Waals surface area contributed by atoms with Crippen molar-refractivity contribution in [3.63, 3.8) is 0 Å². The van der Waals surface area contributed by atoms with Crippen LogP contribution in [-0.4, -0.2) is 0 Å². The van der Waals surface area contributed by atoms with Gasteiger partial charge in [-0.25, -0.2) is 0 Å². The van der Waals surface area contributed by atoms with Gasteiger partial charge in [0.15, 0.2) is 0 Å². The summed E-state index contributed by atoms with van der Waals surface area (Å²) in [4.78, 5) is 0. The van der Waals surface area contributed by atoms with E-state index in [9.17, 15) is 0 Å². The summed E-state index contributed by atoms with van der Waals surface area (Å²) >= 11 is 22.7. The number of rotatable bonds is 2. The smallest absolute Gasteiger partial charge is 0.104 e. The largest absolute Gasteiger partial charge is 0.113 e. The number of allylic oxidation sites excluding steroid dienone is 1. The van der Waals surface area contributed by atoms with E-state index < -0.39 is 0 Å².